The van der Waals surface area contributed by atoms with Crippen LogP contribution in [0.1, 0.15) is 20.8 Å². The van der Waals surface area contributed by atoms with Gasteiger partial charge < -0.3 is 15.8 Å². The van der Waals surface area contributed by atoms with Crippen molar-refractivity contribution in [2.75, 3.05) is 17.7 Å². The van der Waals surface area contributed by atoms with E-state index in [9.17, 15) is 9.59 Å². The molecule has 0 fully saturated rings. The molecule has 2 amide bonds. The van der Waals surface area contributed by atoms with Crippen LogP contribution in [0.25, 0.3) is 0 Å². The SMILES string of the molecule is COC(=O)Nc1ccc(NC(=O)[C@@H](N)C(C)(C)C)cc1. The van der Waals surface area contributed by atoms with Crippen molar-refractivity contribution < 1.29 is 14.3 Å². The molecular weight excluding hydrogens is 258 g/mol. The third-order valence-electron chi connectivity index (χ3n) is 2.80. The number of carbonyl (C=O) groups is 2. The molecule has 0 saturated carbocycles. The number of hydrogen-bond acceptors (Lipinski definition) is 4. The van der Waals surface area contributed by atoms with Gasteiger partial charge in [-0.3, -0.25) is 10.1 Å². The van der Waals surface area contributed by atoms with E-state index in [0.717, 1.165) is 0 Å². The smallest absolute Gasteiger partial charge is 0.411 e. The number of anilines is 2. The first-order valence-electron chi connectivity index (χ1n) is 6.25. The Kier molecular flexibility index (Phi) is 5.10. The number of ether oxygens (including phenoxy) is 1. The number of nitrogens with two attached hydrogens (primary N) is 1. The fourth-order valence-electron chi connectivity index (χ4n) is 1.42. The first kappa shape index (κ1) is 16.0. The largest absolute Gasteiger partial charge is 0.453 e. The molecule has 0 aliphatic carbocycles. The Morgan fingerprint density at radius 2 is 1.55 bits per heavy atom. The van der Waals surface area contributed by atoms with E-state index in [1.807, 2.05) is 20.8 Å². The topological polar surface area (TPSA) is 93.5 Å². The van der Waals surface area contributed by atoms with Gasteiger partial charge in [-0.2, -0.15) is 0 Å². The zero-order valence-corrected chi connectivity index (χ0v) is 12.2. The van der Waals surface area contributed by atoms with Crippen molar-refractivity contribution in [3.8, 4) is 0 Å². The number of rotatable bonds is 3. The van der Waals surface area contributed by atoms with E-state index in [4.69, 9.17) is 5.73 Å². The second-order valence-corrected chi connectivity index (χ2v) is 5.53. The lowest BCUT2D eigenvalue weighted by Crippen LogP contribution is -2.45. The lowest BCUT2D eigenvalue weighted by molar-refractivity contribution is -0.119. The minimum Gasteiger partial charge on any atom is -0.453 e. The second-order valence-electron chi connectivity index (χ2n) is 5.53. The van der Waals surface area contributed by atoms with Crippen LogP contribution < -0.4 is 16.4 Å². The Hall–Kier alpha value is -2.08. The normalized spacial score (nSPS) is 12.4. The molecule has 0 radical (unpaired) electrons. The van der Waals surface area contributed by atoms with Crippen molar-refractivity contribution in [2.24, 2.45) is 11.1 Å². The summed E-state index contributed by atoms with van der Waals surface area (Å²) in [5, 5.41) is 5.26. The minimum atomic E-state index is -0.602. The van der Waals surface area contributed by atoms with Crippen molar-refractivity contribution in [3.05, 3.63) is 24.3 Å². The Bertz CT molecular complexity index is 477. The van der Waals surface area contributed by atoms with Crippen LogP contribution in [0.15, 0.2) is 24.3 Å². The second kappa shape index (κ2) is 6.38. The molecule has 1 rings (SSSR count). The van der Waals surface area contributed by atoms with Gasteiger partial charge in [0.15, 0.2) is 0 Å². The zero-order chi connectivity index (χ0) is 15.3. The van der Waals surface area contributed by atoms with E-state index in [2.05, 4.69) is 15.4 Å². The van der Waals surface area contributed by atoms with Gasteiger partial charge in [0, 0.05) is 11.4 Å². The fraction of sp³-hybridized carbons (Fsp3) is 0.429. The molecule has 4 N–H and O–H groups in total. The molecule has 6 nitrogen and oxygen atoms in total. The average molecular weight is 279 g/mol. The van der Waals surface area contributed by atoms with Gasteiger partial charge in [-0.25, -0.2) is 4.79 Å². The van der Waals surface area contributed by atoms with Crippen LogP contribution in [0.4, 0.5) is 16.2 Å². The van der Waals surface area contributed by atoms with E-state index >= 15 is 0 Å². The predicted molar refractivity (Wildman–Crippen MR) is 78.5 cm³/mol. The first-order chi connectivity index (χ1) is 9.24. The highest BCUT2D eigenvalue weighted by Crippen LogP contribution is 2.19. The number of methoxy groups -OCH3 is 1. The van der Waals surface area contributed by atoms with Gasteiger partial charge in [0.05, 0.1) is 13.2 Å². The summed E-state index contributed by atoms with van der Waals surface area (Å²) in [5.74, 6) is -0.244. The summed E-state index contributed by atoms with van der Waals surface area (Å²) in [4.78, 5) is 23.0. The average Bonchev–Trinajstić information content (AvgIpc) is 2.38. The van der Waals surface area contributed by atoms with Crippen LogP contribution in [-0.2, 0) is 9.53 Å². The first-order valence-corrected chi connectivity index (χ1v) is 6.25. The van der Waals surface area contributed by atoms with Crippen LogP contribution in [0.5, 0.6) is 0 Å². The molecule has 6 heteroatoms. The summed E-state index contributed by atoms with van der Waals surface area (Å²) in [5.41, 5.74) is 6.76. The molecule has 1 aromatic carbocycles. The number of nitrogens with one attached hydrogen (secondary N) is 2. The van der Waals surface area contributed by atoms with Gasteiger partial charge in [0.25, 0.3) is 0 Å². The van der Waals surface area contributed by atoms with E-state index in [1.165, 1.54) is 7.11 Å². The highest BCUT2D eigenvalue weighted by atomic mass is 16.5. The van der Waals surface area contributed by atoms with Crippen LogP contribution >= 0.6 is 0 Å². The Morgan fingerprint density at radius 1 is 1.10 bits per heavy atom. The summed E-state index contributed by atoms with van der Waals surface area (Å²) in [6.07, 6.45) is -0.545. The maximum atomic E-state index is 11.9. The van der Waals surface area contributed by atoms with E-state index in [0.29, 0.717) is 11.4 Å². The molecule has 0 heterocycles. The number of benzene rings is 1. The molecule has 0 aliphatic heterocycles. The third-order valence-corrected chi connectivity index (χ3v) is 2.80. The molecule has 110 valence electrons. The molecule has 0 aliphatic rings. The molecule has 0 aromatic heterocycles. The summed E-state index contributed by atoms with van der Waals surface area (Å²) in [6, 6.07) is 6.08. The fourth-order valence-corrected chi connectivity index (χ4v) is 1.42. The zero-order valence-electron chi connectivity index (χ0n) is 12.2. The van der Waals surface area contributed by atoms with Gasteiger partial charge in [-0.15, -0.1) is 0 Å². The van der Waals surface area contributed by atoms with E-state index in [-0.39, 0.29) is 11.3 Å². The van der Waals surface area contributed by atoms with Gasteiger partial charge in [0.2, 0.25) is 5.91 Å². The highest BCUT2D eigenvalue weighted by molar-refractivity contribution is 5.95. The van der Waals surface area contributed by atoms with Crippen LogP contribution in [0.2, 0.25) is 0 Å². The molecule has 20 heavy (non-hydrogen) atoms. The lowest BCUT2D eigenvalue weighted by atomic mass is 9.87. The summed E-state index contributed by atoms with van der Waals surface area (Å²) in [6.45, 7) is 5.71. The molecule has 0 spiro atoms. The van der Waals surface area contributed by atoms with E-state index in [1.54, 1.807) is 24.3 Å². The number of hydrogen-bond donors (Lipinski definition) is 3. The van der Waals surface area contributed by atoms with Gasteiger partial charge in [-0.05, 0) is 29.7 Å². The van der Waals surface area contributed by atoms with Gasteiger partial charge in [-0.1, -0.05) is 20.8 Å². The maximum absolute atomic E-state index is 11.9. The summed E-state index contributed by atoms with van der Waals surface area (Å²) < 4.78 is 4.48. The van der Waals surface area contributed by atoms with Crippen molar-refractivity contribution >= 4 is 23.4 Å². The van der Waals surface area contributed by atoms with Gasteiger partial charge in [0.1, 0.15) is 0 Å². The lowest BCUT2D eigenvalue weighted by Gasteiger charge is -2.25. The third kappa shape index (κ3) is 4.55. The van der Waals surface area contributed by atoms with Crippen molar-refractivity contribution in [3.63, 3.8) is 0 Å². The van der Waals surface area contributed by atoms with Crippen LogP contribution in [0.3, 0.4) is 0 Å². The molecule has 0 unspecified atom stereocenters. The Balaban J connectivity index is 2.66. The highest BCUT2D eigenvalue weighted by Gasteiger charge is 2.27. The molecule has 1 aromatic rings. The summed E-state index contributed by atoms with van der Waals surface area (Å²) in [7, 11) is 1.29. The summed E-state index contributed by atoms with van der Waals surface area (Å²) >= 11 is 0. The monoisotopic (exact) mass is 279 g/mol. The Morgan fingerprint density at radius 3 is 1.95 bits per heavy atom. The Labute approximate surface area is 118 Å². The number of amides is 2. The number of carbonyl (C=O) groups excluding carboxylic acids is 2. The van der Waals surface area contributed by atoms with Crippen molar-refractivity contribution in [1.82, 2.24) is 0 Å². The standard InChI is InChI=1S/C14H21N3O3/c1-14(2,3)11(15)12(18)16-9-5-7-10(8-6-9)17-13(19)20-4/h5-8,11H,15H2,1-4H3,(H,16,18)(H,17,19)/t11-/m1/s1. The maximum Gasteiger partial charge on any atom is 0.411 e. The van der Waals surface area contributed by atoms with Crippen molar-refractivity contribution in [1.29, 1.82) is 0 Å². The van der Waals surface area contributed by atoms with Gasteiger partial charge >= 0.3 is 6.09 Å². The molecule has 1 atom stereocenters. The molecular formula is C14H21N3O3. The minimum absolute atomic E-state index is 0.244. The predicted octanol–water partition coefficient (Wildman–Crippen LogP) is 2.18. The molecule has 0 bridgehead atoms. The quantitative estimate of drug-likeness (QED) is 0.790. The molecule has 0 saturated heterocycles. The van der Waals surface area contributed by atoms with E-state index < -0.39 is 12.1 Å². The van der Waals surface area contributed by atoms with Crippen LogP contribution in [-0.4, -0.2) is 25.2 Å². The van der Waals surface area contributed by atoms with Crippen molar-refractivity contribution in [2.45, 2.75) is 26.8 Å². The van der Waals surface area contributed by atoms with Crippen LogP contribution in [0, 0.1) is 5.41 Å².